The van der Waals surface area contributed by atoms with E-state index in [0.717, 1.165) is 23.9 Å². The van der Waals surface area contributed by atoms with Crippen LogP contribution >= 0.6 is 15.9 Å². The molecule has 1 aromatic carbocycles. The number of ether oxygens (including phenoxy) is 1. The van der Waals surface area contributed by atoms with Gasteiger partial charge >= 0.3 is 0 Å². The van der Waals surface area contributed by atoms with Gasteiger partial charge in [-0.2, -0.15) is 0 Å². The van der Waals surface area contributed by atoms with Crippen LogP contribution in [0.15, 0.2) is 22.7 Å². The van der Waals surface area contributed by atoms with Crippen LogP contribution in [0, 0.1) is 10.1 Å². The first-order valence-corrected chi connectivity index (χ1v) is 7.47. The van der Waals surface area contributed by atoms with Crippen LogP contribution in [0.3, 0.4) is 0 Å². The molecule has 1 aromatic rings. The number of nitro benzene ring substituents is 1. The van der Waals surface area contributed by atoms with Gasteiger partial charge in [0.1, 0.15) is 0 Å². The number of nitrogens with one attached hydrogen (secondary N) is 1. The molecule has 1 saturated heterocycles. The number of nitrogens with zero attached hydrogens (tertiary/aromatic N) is 1. The molecule has 1 heterocycles. The second kappa shape index (κ2) is 6.20. The number of nitro groups is 1. The highest BCUT2D eigenvalue weighted by Gasteiger charge is 2.28. The third-order valence-corrected chi connectivity index (χ3v) is 4.01. The molecule has 0 spiro atoms. The van der Waals surface area contributed by atoms with Gasteiger partial charge in [0.2, 0.25) is 0 Å². The summed E-state index contributed by atoms with van der Waals surface area (Å²) >= 11 is 3.36. The smallest absolute Gasteiger partial charge is 0.273 e. The summed E-state index contributed by atoms with van der Waals surface area (Å²) in [5.74, 6) is 0. The standard InChI is InChI=1S/C14H19BrN2O3/c1-14(2)8-12(5-6-20-14)16-9-10-7-11(15)3-4-13(10)17(18)19/h3-4,7,12,16H,5-6,8-9H2,1-2H3. The van der Waals surface area contributed by atoms with Gasteiger partial charge in [0.15, 0.2) is 0 Å². The average molecular weight is 343 g/mol. The molecule has 1 N–H and O–H groups in total. The quantitative estimate of drug-likeness (QED) is 0.672. The molecule has 6 heteroatoms. The molecule has 0 bridgehead atoms. The predicted octanol–water partition coefficient (Wildman–Crippen LogP) is 3.40. The van der Waals surface area contributed by atoms with Crippen molar-refractivity contribution in [2.24, 2.45) is 0 Å². The summed E-state index contributed by atoms with van der Waals surface area (Å²) in [4.78, 5) is 10.7. The molecule has 5 nitrogen and oxygen atoms in total. The van der Waals surface area contributed by atoms with E-state index in [1.165, 1.54) is 6.07 Å². The third kappa shape index (κ3) is 4.01. The van der Waals surface area contributed by atoms with E-state index in [1.807, 2.05) is 0 Å². The minimum atomic E-state index is -0.336. The van der Waals surface area contributed by atoms with Gasteiger partial charge in [0, 0.05) is 35.3 Å². The van der Waals surface area contributed by atoms with E-state index < -0.39 is 0 Å². The Morgan fingerprint density at radius 1 is 1.55 bits per heavy atom. The number of hydrogen-bond acceptors (Lipinski definition) is 4. The van der Waals surface area contributed by atoms with Crippen molar-refractivity contribution < 1.29 is 9.66 Å². The van der Waals surface area contributed by atoms with E-state index in [-0.39, 0.29) is 16.2 Å². The van der Waals surface area contributed by atoms with Crippen LogP contribution in [0.2, 0.25) is 0 Å². The lowest BCUT2D eigenvalue weighted by Crippen LogP contribution is -2.43. The summed E-state index contributed by atoms with van der Waals surface area (Å²) in [6.45, 7) is 5.37. The number of rotatable bonds is 4. The molecule has 1 unspecified atom stereocenters. The Kier molecular flexibility index (Phi) is 4.78. The van der Waals surface area contributed by atoms with Crippen LogP contribution < -0.4 is 5.32 Å². The van der Waals surface area contributed by atoms with Gasteiger partial charge in [-0.1, -0.05) is 15.9 Å². The molecule has 0 radical (unpaired) electrons. The second-order valence-corrected chi connectivity index (χ2v) is 6.62. The van der Waals surface area contributed by atoms with E-state index in [0.29, 0.717) is 18.2 Å². The van der Waals surface area contributed by atoms with Crippen molar-refractivity contribution in [1.29, 1.82) is 0 Å². The van der Waals surface area contributed by atoms with Crippen LogP contribution in [0.25, 0.3) is 0 Å². The maximum Gasteiger partial charge on any atom is 0.273 e. The second-order valence-electron chi connectivity index (χ2n) is 5.71. The van der Waals surface area contributed by atoms with Crippen molar-refractivity contribution >= 4 is 21.6 Å². The summed E-state index contributed by atoms with van der Waals surface area (Å²) in [5.41, 5.74) is 0.736. The number of benzene rings is 1. The molecule has 1 atom stereocenters. The molecule has 110 valence electrons. The van der Waals surface area contributed by atoms with Gasteiger partial charge in [-0.05, 0) is 38.8 Å². The Morgan fingerprint density at radius 3 is 2.95 bits per heavy atom. The minimum Gasteiger partial charge on any atom is -0.375 e. The topological polar surface area (TPSA) is 64.4 Å². The average Bonchev–Trinajstić information content (AvgIpc) is 2.35. The molecule has 0 aliphatic carbocycles. The van der Waals surface area contributed by atoms with Crippen LogP contribution in [0.4, 0.5) is 5.69 Å². The summed E-state index contributed by atoms with van der Waals surface area (Å²) in [5, 5.41) is 14.4. The fourth-order valence-corrected chi connectivity index (χ4v) is 2.94. The first-order chi connectivity index (χ1) is 9.37. The van der Waals surface area contributed by atoms with Gasteiger partial charge in [0.05, 0.1) is 10.5 Å². The summed E-state index contributed by atoms with van der Waals surface area (Å²) in [6, 6.07) is 5.36. The van der Waals surface area contributed by atoms with Crippen LogP contribution in [-0.4, -0.2) is 23.2 Å². The molecule has 0 saturated carbocycles. The summed E-state index contributed by atoms with van der Waals surface area (Å²) < 4.78 is 6.53. The molecule has 2 rings (SSSR count). The van der Waals surface area contributed by atoms with E-state index >= 15 is 0 Å². The monoisotopic (exact) mass is 342 g/mol. The molecule has 0 amide bonds. The van der Waals surface area contributed by atoms with Crippen molar-refractivity contribution in [1.82, 2.24) is 5.32 Å². The molecule has 20 heavy (non-hydrogen) atoms. The molecular weight excluding hydrogens is 324 g/mol. The first-order valence-electron chi connectivity index (χ1n) is 6.67. The lowest BCUT2D eigenvalue weighted by atomic mass is 9.94. The van der Waals surface area contributed by atoms with Crippen molar-refractivity contribution in [2.45, 2.75) is 44.9 Å². The van der Waals surface area contributed by atoms with Crippen LogP contribution in [0.5, 0.6) is 0 Å². The van der Waals surface area contributed by atoms with Crippen LogP contribution in [0.1, 0.15) is 32.3 Å². The van der Waals surface area contributed by atoms with E-state index in [1.54, 1.807) is 12.1 Å². The Bertz CT molecular complexity index is 505. The molecule has 1 aliphatic rings. The Hall–Kier alpha value is -0.980. The first kappa shape index (κ1) is 15.4. The SMILES string of the molecule is CC1(C)CC(NCc2cc(Br)ccc2[N+](=O)[O-])CCO1. The maximum absolute atomic E-state index is 11.0. The van der Waals surface area contributed by atoms with Gasteiger partial charge in [-0.15, -0.1) is 0 Å². The van der Waals surface area contributed by atoms with Crippen molar-refractivity contribution in [3.63, 3.8) is 0 Å². The predicted molar refractivity (Wildman–Crippen MR) is 80.7 cm³/mol. The number of hydrogen-bond donors (Lipinski definition) is 1. The number of halogens is 1. The Balaban J connectivity index is 2.03. The molecule has 1 aliphatic heterocycles. The van der Waals surface area contributed by atoms with Crippen molar-refractivity contribution in [3.8, 4) is 0 Å². The molecule has 1 fully saturated rings. The van der Waals surface area contributed by atoms with Crippen LogP contribution in [-0.2, 0) is 11.3 Å². The Morgan fingerprint density at radius 2 is 2.30 bits per heavy atom. The summed E-state index contributed by atoms with van der Waals surface area (Å²) in [7, 11) is 0. The zero-order chi connectivity index (χ0) is 14.8. The van der Waals surface area contributed by atoms with Gasteiger partial charge in [-0.3, -0.25) is 10.1 Å². The fraction of sp³-hybridized carbons (Fsp3) is 0.571. The highest BCUT2D eigenvalue weighted by molar-refractivity contribution is 9.10. The van der Waals surface area contributed by atoms with Gasteiger partial charge < -0.3 is 10.1 Å². The Labute approximate surface area is 127 Å². The highest BCUT2D eigenvalue weighted by atomic mass is 79.9. The zero-order valence-corrected chi connectivity index (χ0v) is 13.3. The van der Waals surface area contributed by atoms with Gasteiger partial charge in [-0.25, -0.2) is 0 Å². The normalized spacial score (nSPS) is 21.6. The van der Waals surface area contributed by atoms with E-state index in [2.05, 4.69) is 35.1 Å². The largest absolute Gasteiger partial charge is 0.375 e. The third-order valence-electron chi connectivity index (χ3n) is 3.52. The lowest BCUT2D eigenvalue weighted by molar-refractivity contribution is -0.385. The fourth-order valence-electron chi connectivity index (χ4n) is 2.53. The maximum atomic E-state index is 11.0. The van der Waals surface area contributed by atoms with Crippen molar-refractivity contribution in [2.75, 3.05) is 6.61 Å². The zero-order valence-electron chi connectivity index (χ0n) is 11.7. The van der Waals surface area contributed by atoms with E-state index in [9.17, 15) is 10.1 Å². The molecular formula is C14H19BrN2O3. The summed E-state index contributed by atoms with van der Waals surface area (Å²) in [6.07, 6.45) is 1.85. The minimum absolute atomic E-state index is 0.126. The highest BCUT2D eigenvalue weighted by Crippen LogP contribution is 2.26. The van der Waals surface area contributed by atoms with E-state index in [4.69, 9.17) is 4.74 Å². The lowest BCUT2D eigenvalue weighted by Gasteiger charge is -2.36. The molecule has 0 aromatic heterocycles. The van der Waals surface area contributed by atoms with Crippen molar-refractivity contribution in [3.05, 3.63) is 38.3 Å². The van der Waals surface area contributed by atoms with Gasteiger partial charge in [0.25, 0.3) is 5.69 Å².